The lowest BCUT2D eigenvalue weighted by Crippen LogP contribution is -2.51. The van der Waals surface area contributed by atoms with Crippen LogP contribution in [-0.4, -0.2) is 25.5 Å². The fraction of sp³-hybridized carbons (Fsp3) is 0.944. The van der Waals surface area contributed by atoms with Crippen LogP contribution in [0.4, 0.5) is 0 Å². The van der Waals surface area contributed by atoms with Crippen molar-refractivity contribution >= 4 is 5.91 Å². The summed E-state index contributed by atoms with van der Waals surface area (Å²) in [4.78, 5) is 12.3. The van der Waals surface area contributed by atoms with E-state index in [1.54, 1.807) is 0 Å². The number of hydrogen-bond donors (Lipinski definition) is 2. The number of hydrogen-bond acceptors (Lipinski definition) is 2. The summed E-state index contributed by atoms with van der Waals surface area (Å²) in [6.07, 6.45) is 11.8. The van der Waals surface area contributed by atoms with Crippen LogP contribution in [0.2, 0.25) is 0 Å². The molecular formula is C18H30N2O. The van der Waals surface area contributed by atoms with Gasteiger partial charge in [0.25, 0.3) is 0 Å². The van der Waals surface area contributed by atoms with Gasteiger partial charge in [-0.3, -0.25) is 4.79 Å². The Bertz CT molecular complexity index is 365. The summed E-state index contributed by atoms with van der Waals surface area (Å²) in [6.45, 7) is 3.13. The first kappa shape index (κ1) is 14.0. The van der Waals surface area contributed by atoms with Crippen molar-refractivity contribution in [3.63, 3.8) is 0 Å². The molecule has 4 bridgehead atoms. The van der Waals surface area contributed by atoms with Gasteiger partial charge in [0.2, 0.25) is 5.91 Å². The van der Waals surface area contributed by atoms with Crippen LogP contribution in [0.5, 0.6) is 0 Å². The van der Waals surface area contributed by atoms with Gasteiger partial charge in [-0.05, 0) is 93.5 Å². The van der Waals surface area contributed by atoms with Crippen LogP contribution in [-0.2, 0) is 4.79 Å². The third kappa shape index (κ3) is 2.99. The highest BCUT2D eigenvalue weighted by atomic mass is 16.1. The van der Waals surface area contributed by atoms with Gasteiger partial charge in [-0.25, -0.2) is 0 Å². The molecule has 118 valence electrons. The topological polar surface area (TPSA) is 41.1 Å². The van der Waals surface area contributed by atoms with Crippen molar-refractivity contribution < 1.29 is 4.79 Å². The molecule has 1 saturated heterocycles. The molecule has 21 heavy (non-hydrogen) atoms. The number of piperidine rings is 1. The molecule has 2 N–H and O–H groups in total. The summed E-state index contributed by atoms with van der Waals surface area (Å²) >= 11 is 0. The van der Waals surface area contributed by atoms with E-state index in [1.807, 2.05) is 0 Å². The van der Waals surface area contributed by atoms with Crippen LogP contribution >= 0.6 is 0 Å². The molecule has 1 amide bonds. The van der Waals surface area contributed by atoms with Gasteiger partial charge in [-0.15, -0.1) is 0 Å². The van der Waals surface area contributed by atoms with Crippen LogP contribution in [0.3, 0.4) is 0 Å². The molecule has 4 aliphatic carbocycles. The van der Waals surface area contributed by atoms with Crippen molar-refractivity contribution in [3.8, 4) is 0 Å². The zero-order valence-electron chi connectivity index (χ0n) is 13.2. The van der Waals surface area contributed by atoms with E-state index in [9.17, 15) is 4.79 Å². The molecule has 4 saturated carbocycles. The van der Waals surface area contributed by atoms with Gasteiger partial charge in [0, 0.05) is 13.0 Å². The summed E-state index contributed by atoms with van der Waals surface area (Å²) in [6, 6.07) is 0. The van der Waals surface area contributed by atoms with Crippen molar-refractivity contribution in [1.29, 1.82) is 0 Å². The fourth-order valence-electron chi connectivity index (χ4n) is 6.23. The van der Waals surface area contributed by atoms with Crippen molar-refractivity contribution in [2.24, 2.45) is 29.1 Å². The van der Waals surface area contributed by atoms with Gasteiger partial charge in [0.05, 0.1) is 0 Å². The van der Waals surface area contributed by atoms with Crippen LogP contribution in [0.25, 0.3) is 0 Å². The summed E-state index contributed by atoms with van der Waals surface area (Å²) in [7, 11) is 0. The molecule has 1 heterocycles. The Morgan fingerprint density at radius 1 is 1.10 bits per heavy atom. The second-order valence-corrected chi connectivity index (χ2v) is 8.61. The Hall–Kier alpha value is -0.570. The normalized spacial score (nSPS) is 44.8. The Kier molecular flexibility index (Phi) is 3.72. The molecule has 0 radical (unpaired) electrons. The monoisotopic (exact) mass is 290 g/mol. The minimum atomic E-state index is 0.305. The molecule has 5 rings (SSSR count). The molecule has 3 nitrogen and oxygen atoms in total. The first-order chi connectivity index (χ1) is 10.2. The van der Waals surface area contributed by atoms with Crippen molar-refractivity contribution in [3.05, 3.63) is 0 Å². The standard InChI is InChI=1S/C18H30N2O/c21-17(7-13-2-1-3-19-11-13)20-12-18-8-14-4-15(9-18)6-16(5-14)10-18/h13-16,19H,1-12H2,(H,20,21). The molecule has 1 unspecified atom stereocenters. The average molecular weight is 290 g/mol. The highest BCUT2D eigenvalue weighted by Crippen LogP contribution is 2.59. The van der Waals surface area contributed by atoms with E-state index in [0.717, 1.165) is 43.8 Å². The molecule has 3 heteroatoms. The lowest BCUT2D eigenvalue weighted by Gasteiger charge is -2.56. The third-order valence-electron chi connectivity index (χ3n) is 6.70. The zero-order valence-corrected chi connectivity index (χ0v) is 13.2. The van der Waals surface area contributed by atoms with Gasteiger partial charge in [-0.2, -0.15) is 0 Å². The Labute approximate surface area is 128 Å². The lowest BCUT2D eigenvalue weighted by molar-refractivity contribution is -0.124. The van der Waals surface area contributed by atoms with E-state index >= 15 is 0 Å². The van der Waals surface area contributed by atoms with E-state index < -0.39 is 0 Å². The second-order valence-electron chi connectivity index (χ2n) is 8.61. The molecule has 1 atom stereocenters. The van der Waals surface area contributed by atoms with Gasteiger partial charge in [0.1, 0.15) is 0 Å². The second kappa shape index (κ2) is 5.57. The number of carbonyl (C=O) groups is 1. The van der Waals surface area contributed by atoms with Gasteiger partial charge in [-0.1, -0.05) is 0 Å². The maximum atomic E-state index is 12.3. The molecule has 0 spiro atoms. The zero-order chi connectivity index (χ0) is 14.3. The molecule has 0 aromatic heterocycles. The predicted molar refractivity (Wildman–Crippen MR) is 83.8 cm³/mol. The first-order valence-electron chi connectivity index (χ1n) is 9.18. The van der Waals surface area contributed by atoms with E-state index in [1.165, 1.54) is 51.4 Å². The van der Waals surface area contributed by atoms with Gasteiger partial charge in [0.15, 0.2) is 0 Å². The van der Waals surface area contributed by atoms with E-state index in [0.29, 0.717) is 17.2 Å². The van der Waals surface area contributed by atoms with Crippen molar-refractivity contribution in [1.82, 2.24) is 10.6 Å². The summed E-state index contributed by atoms with van der Waals surface area (Å²) in [5, 5.41) is 6.73. The number of nitrogens with one attached hydrogen (secondary N) is 2. The fourth-order valence-corrected chi connectivity index (χ4v) is 6.23. The smallest absolute Gasteiger partial charge is 0.220 e. The Morgan fingerprint density at radius 2 is 1.76 bits per heavy atom. The first-order valence-corrected chi connectivity index (χ1v) is 9.18. The Morgan fingerprint density at radius 3 is 2.33 bits per heavy atom. The van der Waals surface area contributed by atoms with Crippen LogP contribution in [0.15, 0.2) is 0 Å². The number of amides is 1. The largest absolute Gasteiger partial charge is 0.356 e. The van der Waals surface area contributed by atoms with E-state index in [-0.39, 0.29) is 0 Å². The number of rotatable bonds is 4. The molecule has 0 aromatic rings. The maximum absolute atomic E-state index is 12.3. The maximum Gasteiger partial charge on any atom is 0.220 e. The van der Waals surface area contributed by atoms with Crippen molar-refractivity contribution in [2.45, 2.75) is 57.8 Å². The molecule has 5 fully saturated rings. The minimum absolute atomic E-state index is 0.305. The van der Waals surface area contributed by atoms with E-state index in [4.69, 9.17) is 0 Å². The van der Waals surface area contributed by atoms with Crippen LogP contribution in [0, 0.1) is 29.1 Å². The van der Waals surface area contributed by atoms with Crippen LogP contribution < -0.4 is 10.6 Å². The molecule has 0 aromatic carbocycles. The quantitative estimate of drug-likeness (QED) is 0.836. The third-order valence-corrected chi connectivity index (χ3v) is 6.70. The van der Waals surface area contributed by atoms with Gasteiger partial charge < -0.3 is 10.6 Å². The predicted octanol–water partition coefficient (Wildman–Crippen LogP) is 2.71. The summed E-state index contributed by atoms with van der Waals surface area (Å²) < 4.78 is 0. The minimum Gasteiger partial charge on any atom is -0.356 e. The van der Waals surface area contributed by atoms with E-state index in [2.05, 4.69) is 10.6 Å². The highest BCUT2D eigenvalue weighted by Gasteiger charge is 2.50. The SMILES string of the molecule is O=C(CC1CCCNC1)NCC12CC3CC(CC(C3)C1)C2. The molecular weight excluding hydrogens is 260 g/mol. The Balaban J connectivity index is 1.29. The lowest BCUT2D eigenvalue weighted by atomic mass is 9.49. The summed E-state index contributed by atoms with van der Waals surface area (Å²) in [5.74, 6) is 3.82. The van der Waals surface area contributed by atoms with Crippen LogP contribution in [0.1, 0.15) is 57.8 Å². The molecule has 5 aliphatic rings. The number of carbonyl (C=O) groups excluding carboxylic acids is 1. The average Bonchev–Trinajstić information content (AvgIpc) is 2.45. The molecule has 1 aliphatic heterocycles. The van der Waals surface area contributed by atoms with Crippen molar-refractivity contribution in [2.75, 3.05) is 19.6 Å². The highest BCUT2D eigenvalue weighted by molar-refractivity contribution is 5.76. The van der Waals surface area contributed by atoms with Gasteiger partial charge >= 0.3 is 0 Å². The summed E-state index contributed by atoms with van der Waals surface area (Å²) in [5.41, 5.74) is 0.481.